The molecule has 1 heterocycles. The van der Waals surface area contributed by atoms with E-state index in [1.165, 1.54) is 20.0 Å². The van der Waals surface area contributed by atoms with Crippen LogP contribution < -0.4 is 0 Å². The van der Waals surface area contributed by atoms with Crippen molar-refractivity contribution >= 4 is 16.0 Å². The van der Waals surface area contributed by atoms with Gasteiger partial charge in [-0.05, 0) is 30.2 Å². The van der Waals surface area contributed by atoms with Crippen LogP contribution in [0.25, 0.3) is 0 Å². The number of ether oxygens (including phenoxy) is 1. The maximum atomic E-state index is 12.3. The Morgan fingerprint density at radius 3 is 2.63 bits per heavy atom. The van der Waals surface area contributed by atoms with Gasteiger partial charge in [-0.3, -0.25) is 4.79 Å². The van der Waals surface area contributed by atoms with Crippen LogP contribution in [0.4, 0.5) is 0 Å². The van der Waals surface area contributed by atoms with Crippen molar-refractivity contribution in [1.29, 1.82) is 0 Å². The summed E-state index contributed by atoms with van der Waals surface area (Å²) in [7, 11) is -2.55. The van der Waals surface area contributed by atoms with Crippen LogP contribution in [-0.2, 0) is 32.8 Å². The minimum absolute atomic E-state index is 0.0901. The normalized spacial score (nSPS) is 16.4. The van der Waals surface area contributed by atoms with Crippen molar-refractivity contribution in [1.82, 2.24) is 4.31 Å². The molecule has 0 fully saturated rings. The highest BCUT2D eigenvalue weighted by atomic mass is 32.2. The fourth-order valence-electron chi connectivity index (χ4n) is 1.84. The quantitative estimate of drug-likeness (QED) is 0.885. The monoisotopic (exact) mass is 285 g/mol. The Hall–Kier alpha value is -1.44. The summed E-state index contributed by atoms with van der Waals surface area (Å²) in [5.41, 5.74) is 1.80. The Bertz CT molecular complexity index is 611. The van der Waals surface area contributed by atoms with Gasteiger partial charge in [0.1, 0.15) is 6.04 Å². The number of carboxylic acid groups (broad SMARTS) is 1. The molecule has 0 amide bonds. The molecule has 6 nitrogen and oxygen atoms in total. The third-order valence-corrected chi connectivity index (χ3v) is 5.20. The zero-order valence-electron chi connectivity index (χ0n) is 10.7. The van der Waals surface area contributed by atoms with E-state index in [1.54, 1.807) is 12.1 Å². The summed E-state index contributed by atoms with van der Waals surface area (Å²) >= 11 is 0. The Balaban J connectivity index is 2.37. The van der Waals surface area contributed by atoms with Crippen molar-refractivity contribution in [2.75, 3.05) is 7.05 Å². The first kappa shape index (κ1) is 14.0. The van der Waals surface area contributed by atoms with Crippen LogP contribution in [0.3, 0.4) is 0 Å². The average Bonchev–Trinajstić information content (AvgIpc) is 2.83. The van der Waals surface area contributed by atoms with Gasteiger partial charge in [-0.1, -0.05) is 6.07 Å². The van der Waals surface area contributed by atoms with Crippen molar-refractivity contribution in [2.24, 2.45) is 0 Å². The largest absolute Gasteiger partial charge is 0.480 e. The second-order valence-corrected chi connectivity index (χ2v) is 6.46. The fraction of sp³-hybridized carbons (Fsp3) is 0.417. The zero-order chi connectivity index (χ0) is 14.2. The second kappa shape index (κ2) is 4.92. The van der Waals surface area contributed by atoms with Gasteiger partial charge in [0.25, 0.3) is 0 Å². The Labute approximate surface area is 111 Å². The van der Waals surface area contributed by atoms with Crippen molar-refractivity contribution in [3.8, 4) is 0 Å². The highest BCUT2D eigenvalue weighted by Crippen LogP contribution is 2.25. The summed E-state index contributed by atoms with van der Waals surface area (Å²) in [6, 6.07) is 3.61. The molecule has 0 saturated heterocycles. The van der Waals surface area contributed by atoms with E-state index in [0.29, 0.717) is 13.2 Å². The lowest BCUT2D eigenvalue weighted by Gasteiger charge is -2.21. The van der Waals surface area contributed by atoms with E-state index < -0.39 is 22.0 Å². The number of aliphatic carboxylic acids is 1. The Morgan fingerprint density at radius 1 is 1.37 bits per heavy atom. The molecule has 0 radical (unpaired) electrons. The number of benzene rings is 1. The lowest BCUT2D eigenvalue weighted by molar-refractivity contribution is -0.140. The molecule has 0 aromatic heterocycles. The van der Waals surface area contributed by atoms with Crippen molar-refractivity contribution in [3.63, 3.8) is 0 Å². The number of sulfonamides is 1. The molecule has 1 aromatic carbocycles. The van der Waals surface area contributed by atoms with Gasteiger partial charge in [0, 0.05) is 7.05 Å². The molecule has 1 unspecified atom stereocenters. The van der Waals surface area contributed by atoms with E-state index in [4.69, 9.17) is 9.84 Å². The number of fused-ring (bicyclic) bond motifs is 1. The molecular weight excluding hydrogens is 270 g/mol. The Morgan fingerprint density at radius 2 is 2.00 bits per heavy atom. The van der Waals surface area contributed by atoms with Gasteiger partial charge < -0.3 is 9.84 Å². The van der Waals surface area contributed by atoms with E-state index in [-0.39, 0.29) is 4.90 Å². The molecular formula is C12H15NO5S. The van der Waals surface area contributed by atoms with Crippen molar-refractivity contribution < 1.29 is 23.1 Å². The molecule has 19 heavy (non-hydrogen) atoms. The van der Waals surface area contributed by atoms with E-state index in [9.17, 15) is 13.2 Å². The van der Waals surface area contributed by atoms with Gasteiger partial charge in [-0.25, -0.2) is 8.42 Å². The lowest BCUT2D eigenvalue weighted by Crippen LogP contribution is -2.40. The molecule has 2 rings (SSSR count). The molecule has 104 valence electrons. The molecule has 1 aliphatic heterocycles. The molecule has 1 aromatic rings. The van der Waals surface area contributed by atoms with Gasteiger partial charge in [-0.2, -0.15) is 4.31 Å². The van der Waals surface area contributed by atoms with Gasteiger partial charge in [0.15, 0.2) is 0 Å². The van der Waals surface area contributed by atoms with Crippen molar-refractivity contribution in [2.45, 2.75) is 31.1 Å². The highest BCUT2D eigenvalue weighted by molar-refractivity contribution is 7.89. The summed E-state index contributed by atoms with van der Waals surface area (Å²) in [5.74, 6) is -1.18. The number of nitrogens with zero attached hydrogens (tertiary/aromatic N) is 1. The molecule has 0 aliphatic carbocycles. The molecule has 0 spiro atoms. The van der Waals surface area contributed by atoms with Gasteiger partial charge in [0.05, 0.1) is 18.1 Å². The highest BCUT2D eigenvalue weighted by Gasteiger charge is 2.30. The molecule has 1 N–H and O–H groups in total. The van der Waals surface area contributed by atoms with Crippen molar-refractivity contribution in [3.05, 3.63) is 29.3 Å². The van der Waals surface area contributed by atoms with Gasteiger partial charge in [0.2, 0.25) is 10.0 Å². The topological polar surface area (TPSA) is 83.9 Å². The van der Waals surface area contributed by atoms with Crippen LogP contribution in [0.2, 0.25) is 0 Å². The van der Waals surface area contributed by atoms with Gasteiger partial charge >= 0.3 is 5.97 Å². The zero-order valence-corrected chi connectivity index (χ0v) is 11.5. The van der Waals surface area contributed by atoms with E-state index >= 15 is 0 Å². The first-order valence-electron chi connectivity index (χ1n) is 5.74. The summed E-state index contributed by atoms with van der Waals surface area (Å²) in [4.78, 5) is 11.0. The average molecular weight is 285 g/mol. The van der Waals surface area contributed by atoms with E-state index in [0.717, 1.165) is 15.4 Å². The first-order valence-corrected chi connectivity index (χ1v) is 7.18. The number of carbonyl (C=O) groups is 1. The lowest BCUT2D eigenvalue weighted by atomic mass is 10.1. The minimum atomic E-state index is -3.81. The molecule has 7 heteroatoms. The number of rotatable bonds is 4. The van der Waals surface area contributed by atoms with E-state index in [2.05, 4.69) is 0 Å². The number of hydrogen-bond donors (Lipinski definition) is 1. The summed E-state index contributed by atoms with van der Waals surface area (Å²) in [6.45, 7) is 2.20. The molecule has 1 aliphatic rings. The maximum Gasteiger partial charge on any atom is 0.321 e. The smallest absolute Gasteiger partial charge is 0.321 e. The molecule has 0 saturated carbocycles. The van der Waals surface area contributed by atoms with Crippen LogP contribution in [0.1, 0.15) is 18.1 Å². The minimum Gasteiger partial charge on any atom is -0.480 e. The van der Waals surface area contributed by atoms with Crippen LogP contribution in [0.15, 0.2) is 23.1 Å². The third kappa shape index (κ3) is 2.49. The van der Waals surface area contributed by atoms with Crippen LogP contribution in [0.5, 0.6) is 0 Å². The van der Waals surface area contributed by atoms with Crippen LogP contribution >= 0.6 is 0 Å². The summed E-state index contributed by atoms with van der Waals surface area (Å²) < 4.78 is 30.7. The fourth-order valence-corrected chi connectivity index (χ4v) is 3.21. The molecule has 1 atom stereocenters. The SMILES string of the molecule is CC(C(=O)O)N(C)S(=O)(=O)c1ccc2c(c1)COC2. The first-order chi connectivity index (χ1) is 8.84. The Kier molecular flexibility index (Phi) is 3.62. The number of likely N-dealkylation sites (N-methyl/N-ethyl adjacent to an activating group) is 1. The van der Waals surface area contributed by atoms with Crippen LogP contribution in [0, 0.1) is 0 Å². The second-order valence-electron chi connectivity index (χ2n) is 4.46. The summed E-state index contributed by atoms with van der Waals surface area (Å²) in [5, 5.41) is 8.89. The van der Waals surface area contributed by atoms with E-state index in [1.807, 2.05) is 0 Å². The standard InChI is InChI=1S/C12H15NO5S/c1-8(12(14)15)13(2)19(16,17)11-4-3-9-6-18-7-10(9)5-11/h3-5,8H,6-7H2,1-2H3,(H,14,15). The predicted molar refractivity (Wildman–Crippen MR) is 67.0 cm³/mol. The van der Waals surface area contributed by atoms with Gasteiger partial charge in [-0.15, -0.1) is 0 Å². The third-order valence-electron chi connectivity index (χ3n) is 3.27. The maximum absolute atomic E-state index is 12.3. The number of hydrogen-bond acceptors (Lipinski definition) is 4. The number of carboxylic acids is 1. The predicted octanol–water partition coefficient (Wildman–Crippen LogP) is 0.810. The molecule has 0 bridgehead atoms. The van der Waals surface area contributed by atoms with Crippen LogP contribution in [-0.4, -0.2) is 36.9 Å². The summed E-state index contributed by atoms with van der Waals surface area (Å²) in [6.07, 6.45) is 0.